The van der Waals surface area contributed by atoms with Crippen molar-refractivity contribution in [3.63, 3.8) is 0 Å². The molecule has 0 radical (unpaired) electrons. The largest absolute Gasteiger partial charge is 0.493 e. The maximum absolute atomic E-state index is 12.5. The number of nitrogens with zero attached hydrogens (tertiary/aromatic N) is 1. The van der Waals surface area contributed by atoms with Gasteiger partial charge >= 0.3 is 0 Å². The lowest BCUT2D eigenvalue weighted by Crippen LogP contribution is -2.26. The predicted molar refractivity (Wildman–Crippen MR) is 131 cm³/mol. The van der Waals surface area contributed by atoms with Crippen LogP contribution in [0.3, 0.4) is 0 Å². The highest BCUT2D eigenvalue weighted by atomic mass is 79.9. The van der Waals surface area contributed by atoms with Crippen molar-refractivity contribution in [2.75, 3.05) is 42.1 Å². The maximum Gasteiger partial charge on any atom is 0.251 e. The fourth-order valence-electron chi connectivity index (χ4n) is 3.01. The van der Waals surface area contributed by atoms with Gasteiger partial charge in [-0.05, 0) is 52.2 Å². The number of benzene rings is 2. The van der Waals surface area contributed by atoms with E-state index in [2.05, 4.69) is 31.8 Å². The van der Waals surface area contributed by atoms with Crippen LogP contribution in [0.25, 0.3) is 0 Å². The molecule has 184 valence electrons. The van der Waals surface area contributed by atoms with Gasteiger partial charge in [-0.1, -0.05) is 0 Å². The van der Waals surface area contributed by atoms with Gasteiger partial charge in [0.25, 0.3) is 5.91 Å². The minimum atomic E-state index is -0.322. The van der Waals surface area contributed by atoms with Crippen molar-refractivity contribution in [3.8, 4) is 28.7 Å². The molecule has 2 rings (SSSR count). The Balaban J connectivity index is 1.84. The highest BCUT2D eigenvalue weighted by molar-refractivity contribution is 9.10. The lowest BCUT2D eigenvalue weighted by Gasteiger charge is -2.14. The van der Waals surface area contributed by atoms with Crippen LogP contribution in [0.1, 0.15) is 28.8 Å². The molecule has 0 saturated heterocycles. The Hall–Kier alpha value is -3.47. The molecule has 0 aliphatic rings. The second-order valence-electron chi connectivity index (χ2n) is 6.80. The third kappa shape index (κ3) is 7.01. The lowest BCUT2D eigenvalue weighted by atomic mass is 10.1. The summed E-state index contributed by atoms with van der Waals surface area (Å²) in [4.78, 5) is 24.5. The average Bonchev–Trinajstić information content (AvgIpc) is 2.84. The number of carbonyl (C=O) groups excluding carboxylic acids is 2. The minimum absolute atomic E-state index is 0.183. The number of amides is 2. The van der Waals surface area contributed by atoms with E-state index in [0.717, 1.165) is 0 Å². The van der Waals surface area contributed by atoms with E-state index in [1.165, 1.54) is 34.7 Å². The fraction of sp³-hybridized carbons (Fsp3) is 0.348. The summed E-state index contributed by atoms with van der Waals surface area (Å²) in [5, 5.41) is 6.73. The van der Waals surface area contributed by atoms with E-state index < -0.39 is 0 Å². The minimum Gasteiger partial charge on any atom is -0.493 e. The number of hydrazone groups is 1. The van der Waals surface area contributed by atoms with Crippen LogP contribution in [-0.2, 0) is 4.79 Å². The molecule has 0 saturated carbocycles. The number of hydrogen-bond acceptors (Lipinski definition) is 8. The van der Waals surface area contributed by atoms with Crippen molar-refractivity contribution in [1.29, 1.82) is 0 Å². The first kappa shape index (κ1) is 26.8. The summed E-state index contributed by atoms with van der Waals surface area (Å²) in [6, 6.07) is 6.64. The summed E-state index contributed by atoms with van der Waals surface area (Å²) in [6.07, 6.45) is 2.11. The van der Waals surface area contributed by atoms with Gasteiger partial charge in [-0.3, -0.25) is 9.59 Å². The molecular weight excluding hydrogens is 510 g/mol. The monoisotopic (exact) mass is 537 g/mol. The predicted octanol–water partition coefficient (Wildman–Crippen LogP) is 3.15. The maximum atomic E-state index is 12.5. The molecule has 2 aromatic rings. The zero-order valence-electron chi connectivity index (χ0n) is 19.7. The second-order valence-corrected chi connectivity index (χ2v) is 7.66. The van der Waals surface area contributed by atoms with E-state index in [1.54, 1.807) is 31.4 Å². The summed E-state index contributed by atoms with van der Waals surface area (Å²) in [6.45, 7) is 0.301. The van der Waals surface area contributed by atoms with Crippen LogP contribution in [0.15, 0.2) is 33.8 Å². The number of nitrogens with one attached hydrogen (secondary N) is 2. The van der Waals surface area contributed by atoms with Gasteiger partial charge in [-0.25, -0.2) is 5.43 Å². The molecular formula is C23H28BrN3O7. The summed E-state index contributed by atoms with van der Waals surface area (Å²) < 4.78 is 27.0. The smallest absolute Gasteiger partial charge is 0.251 e. The third-order valence-electron chi connectivity index (χ3n) is 4.65. The molecule has 0 aliphatic carbocycles. The van der Waals surface area contributed by atoms with Crippen LogP contribution < -0.4 is 34.4 Å². The number of methoxy groups -OCH3 is 5. The van der Waals surface area contributed by atoms with Crippen LogP contribution in [0, 0.1) is 0 Å². The molecule has 34 heavy (non-hydrogen) atoms. The van der Waals surface area contributed by atoms with E-state index >= 15 is 0 Å². The summed E-state index contributed by atoms with van der Waals surface area (Å²) in [5.74, 6) is 1.66. The fourth-order valence-corrected chi connectivity index (χ4v) is 3.63. The molecule has 0 aliphatic heterocycles. The van der Waals surface area contributed by atoms with E-state index in [1.807, 2.05) is 0 Å². The van der Waals surface area contributed by atoms with E-state index in [9.17, 15) is 9.59 Å². The highest BCUT2D eigenvalue weighted by Crippen LogP contribution is 2.38. The molecule has 0 spiro atoms. The number of ether oxygens (including phenoxy) is 5. The Morgan fingerprint density at radius 1 is 0.882 bits per heavy atom. The molecule has 0 atom stereocenters. The summed E-state index contributed by atoms with van der Waals surface area (Å²) >= 11 is 3.40. The molecule has 2 aromatic carbocycles. The van der Waals surface area contributed by atoms with Gasteiger partial charge in [0.2, 0.25) is 11.7 Å². The van der Waals surface area contributed by atoms with Crippen molar-refractivity contribution >= 4 is 34.0 Å². The average molecular weight is 538 g/mol. The van der Waals surface area contributed by atoms with E-state index in [4.69, 9.17) is 23.7 Å². The number of halogens is 1. The Morgan fingerprint density at radius 3 is 2.03 bits per heavy atom. The van der Waals surface area contributed by atoms with Gasteiger partial charge < -0.3 is 29.0 Å². The number of carbonyl (C=O) groups is 2. The Bertz CT molecular complexity index is 1020. The first-order chi connectivity index (χ1) is 16.4. The topological polar surface area (TPSA) is 117 Å². The molecule has 10 nitrogen and oxygen atoms in total. The SMILES string of the molecule is COc1cc(C=NNC(=O)CCCNC(=O)c2cc(OC)c(OC)c(OC)c2)cc(Br)c1OC. The summed E-state index contributed by atoms with van der Waals surface area (Å²) in [5.41, 5.74) is 3.52. The molecule has 2 N–H and O–H groups in total. The van der Waals surface area contributed by atoms with Crippen LogP contribution in [-0.4, -0.2) is 60.1 Å². The first-order valence-electron chi connectivity index (χ1n) is 10.2. The van der Waals surface area contributed by atoms with Gasteiger partial charge in [-0.15, -0.1) is 0 Å². The normalized spacial score (nSPS) is 10.5. The molecule has 0 unspecified atom stereocenters. The van der Waals surface area contributed by atoms with E-state index in [0.29, 0.717) is 57.3 Å². The van der Waals surface area contributed by atoms with Crippen molar-refractivity contribution in [1.82, 2.24) is 10.7 Å². The van der Waals surface area contributed by atoms with Crippen molar-refractivity contribution in [2.45, 2.75) is 12.8 Å². The van der Waals surface area contributed by atoms with Crippen molar-refractivity contribution in [3.05, 3.63) is 39.9 Å². The Morgan fingerprint density at radius 2 is 1.47 bits per heavy atom. The van der Waals surface area contributed by atoms with Gasteiger partial charge in [0, 0.05) is 18.5 Å². The standard InChI is InChI=1S/C23H28BrN3O7/c1-30-17-10-14(9-16(24)21(17)33-4)13-26-27-20(28)7-6-8-25-23(29)15-11-18(31-2)22(34-5)19(12-15)32-3/h9-13H,6-8H2,1-5H3,(H,25,29)(H,27,28). The molecule has 0 aromatic heterocycles. The second kappa shape index (κ2) is 13.3. The first-order valence-corrected chi connectivity index (χ1v) is 11.0. The van der Waals surface area contributed by atoms with Gasteiger partial charge in [0.1, 0.15) is 0 Å². The van der Waals surface area contributed by atoms with Gasteiger partial charge in [0.15, 0.2) is 23.0 Å². The molecule has 2 amide bonds. The molecule has 0 fully saturated rings. The van der Waals surface area contributed by atoms with Gasteiger partial charge in [0.05, 0.1) is 46.2 Å². The lowest BCUT2D eigenvalue weighted by molar-refractivity contribution is -0.121. The van der Waals surface area contributed by atoms with Gasteiger partial charge in [-0.2, -0.15) is 5.10 Å². The molecule has 11 heteroatoms. The molecule has 0 bridgehead atoms. The quantitative estimate of drug-likeness (QED) is 0.242. The zero-order valence-corrected chi connectivity index (χ0v) is 21.3. The Kier molecular flexibility index (Phi) is 10.5. The van der Waals surface area contributed by atoms with Crippen molar-refractivity contribution in [2.24, 2.45) is 5.10 Å². The summed E-state index contributed by atoms with van der Waals surface area (Å²) in [7, 11) is 7.52. The number of hydrogen-bond donors (Lipinski definition) is 2. The number of rotatable bonds is 12. The van der Waals surface area contributed by atoms with E-state index in [-0.39, 0.29) is 18.2 Å². The zero-order chi connectivity index (χ0) is 25.1. The Labute approximate surface area is 206 Å². The highest BCUT2D eigenvalue weighted by Gasteiger charge is 2.17. The van der Waals surface area contributed by atoms with Crippen LogP contribution in [0.4, 0.5) is 0 Å². The third-order valence-corrected chi connectivity index (χ3v) is 5.24. The van der Waals surface area contributed by atoms with Crippen LogP contribution >= 0.6 is 15.9 Å². The van der Waals surface area contributed by atoms with Crippen LogP contribution in [0.2, 0.25) is 0 Å². The van der Waals surface area contributed by atoms with Crippen molar-refractivity contribution < 1.29 is 33.3 Å². The molecule has 0 heterocycles. The van der Waals surface area contributed by atoms with Crippen LogP contribution in [0.5, 0.6) is 28.7 Å².